The molecule has 0 saturated carbocycles. The van der Waals surface area contributed by atoms with Crippen LogP contribution < -0.4 is 10.6 Å². The molecule has 0 spiro atoms. The fourth-order valence-corrected chi connectivity index (χ4v) is 5.95. The zero-order valence-corrected chi connectivity index (χ0v) is 35.5. The van der Waals surface area contributed by atoms with Crippen molar-refractivity contribution in [1.29, 1.82) is 0 Å². The molecule has 2 N–H and O–H groups in total. The van der Waals surface area contributed by atoms with Crippen LogP contribution in [0.4, 0.5) is 4.79 Å². The Morgan fingerprint density at radius 2 is 0.839 bits per heavy atom. The highest BCUT2D eigenvalue weighted by Gasteiger charge is 2.55. The molecule has 25 nitrogen and oxygen atoms in total. The van der Waals surface area contributed by atoms with Gasteiger partial charge in [0, 0.05) is 62.4 Å². The first-order valence-corrected chi connectivity index (χ1v) is 18.6. The summed E-state index contributed by atoms with van der Waals surface area (Å²) in [6.45, 7) is 7.78. The van der Waals surface area contributed by atoms with E-state index in [1.54, 1.807) is 0 Å². The van der Waals surface area contributed by atoms with E-state index in [2.05, 4.69) is 17.2 Å². The number of nitrogens with one attached hydrogen (secondary N) is 2. The molecule has 348 valence electrons. The van der Waals surface area contributed by atoms with Crippen LogP contribution in [-0.2, 0) is 105 Å². The van der Waals surface area contributed by atoms with Crippen LogP contribution in [0.2, 0.25) is 0 Å². The molecule has 0 aromatic rings. The Bertz CT molecular complexity index is 1570. The molecule has 4 unspecified atom stereocenters. The van der Waals surface area contributed by atoms with Gasteiger partial charge >= 0.3 is 53.8 Å². The number of rotatable bonds is 20. The Morgan fingerprint density at radius 1 is 0.500 bits per heavy atom. The van der Waals surface area contributed by atoms with Crippen LogP contribution in [-0.4, -0.2) is 167 Å². The van der Waals surface area contributed by atoms with Crippen LogP contribution in [0.15, 0.2) is 12.7 Å². The van der Waals surface area contributed by atoms with Gasteiger partial charge in [0.15, 0.2) is 49.2 Å². The van der Waals surface area contributed by atoms with E-state index in [9.17, 15) is 47.9 Å². The van der Waals surface area contributed by atoms with Crippen molar-refractivity contribution in [2.24, 2.45) is 0 Å². The first-order valence-electron chi connectivity index (χ1n) is 18.6. The number of ether oxygens (including phenoxy) is 13. The normalized spacial score (nSPS) is 26.3. The van der Waals surface area contributed by atoms with Gasteiger partial charge in [-0.25, -0.2) is 4.79 Å². The number of alkyl carbamates (subject to hydrolysis) is 1. The molecule has 10 atom stereocenters. The van der Waals surface area contributed by atoms with E-state index in [1.165, 1.54) is 7.05 Å². The Morgan fingerprint density at radius 3 is 1.15 bits per heavy atom. The highest BCUT2D eigenvalue weighted by atomic mass is 16.8. The lowest BCUT2D eigenvalue weighted by atomic mass is 9.97. The van der Waals surface area contributed by atoms with Crippen molar-refractivity contribution < 1.29 is 110 Å². The second-order valence-electron chi connectivity index (χ2n) is 13.6. The largest absolute Gasteiger partial charge is 0.463 e. The standard InChI is InChI=1S/C37H52N2O23/c1-11-27(48)39-37(16-54-36(49)38-10,14-52-34-32(59-23(8)46)30(57-21(6)44)28(55-19(4)42)25(61-34)12-50-17(2)40)15-53-35-33(60-24(9)47)31(58-22(7)45)29(56-20(5)43)26(62-35)13-51-18(3)41/h11,25-26,28-35H,1,12-16H2,2-10H3,(H,38,49)(H,39,48)/t25?,26?,28-,29-,30?,31?,32+,33+,34-,35-,37?/m1/s1. The SMILES string of the molecule is C=CC(=O)NC(COC(=O)NC)(CO[C@@H]1OC(COC(C)=O)[C@@H](OC(C)=O)C(OC(C)=O)[C@@H]1OC(C)=O)CO[C@@H]1OC(COC(C)=O)[C@@H](OC(C)=O)C(OC(C)=O)[C@@H]1OC(C)=O. The van der Waals surface area contributed by atoms with Crippen LogP contribution in [0.25, 0.3) is 0 Å². The third-order valence-corrected chi connectivity index (χ3v) is 8.20. The summed E-state index contributed by atoms with van der Waals surface area (Å²) >= 11 is 0. The van der Waals surface area contributed by atoms with Crippen molar-refractivity contribution >= 4 is 59.8 Å². The van der Waals surface area contributed by atoms with E-state index in [-0.39, 0.29) is 0 Å². The van der Waals surface area contributed by atoms with Gasteiger partial charge in [0.2, 0.25) is 5.91 Å². The monoisotopic (exact) mass is 892 g/mol. The van der Waals surface area contributed by atoms with Gasteiger partial charge in [0.1, 0.15) is 37.6 Å². The molecule has 2 amide bonds. The summed E-state index contributed by atoms with van der Waals surface area (Å²) in [7, 11) is 1.22. The molecule has 2 aliphatic heterocycles. The fourth-order valence-electron chi connectivity index (χ4n) is 5.95. The molecule has 0 aromatic carbocycles. The molecule has 2 rings (SSSR count). The fraction of sp³-hybridized carbons (Fsp3) is 0.676. The molecule has 0 aromatic heterocycles. The lowest BCUT2D eigenvalue weighted by molar-refractivity contribution is -0.320. The zero-order valence-electron chi connectivity index (χ0n) is 35.5. The highest BCUT2D eigenvalue weighted by Crippen LogP contribution is 2.33. The van der Waals surface area contributed by atoms with Gasteiger partial charge in [-0.05, 0) is 6.08 Å². The van der Waals surface area contributed by atoms with Crippen LogP contribution in [0.1, 0.15) is 55.4 Å². The first kappa shape index (κ1) is 52.2. The van der Waals surface area contributed by atoms with Crippen LogP contribution in [0, 0.1) is 0 Å². The summed E-state index contributed by atoms with van der Waals surface area (Å²) in [6, 6.07) is 0. The summed E-state index contributed by atoms with van der Waals surface area (Å²) in [5.41, 5.74) is -2.10. The average molecular weight is 893 g/mol. The zero-order chi connectivity index (χ0) is 46.9. The molecule has 25 heteroatoms. The van der Waals surface area contributed by atoms with E-state index < -0.39 is 160 Å². The lowest BCUT2D eigenvalue weighted by Crippen LogP contribution is -2.66. The quantitative estimate of drug-likeness (QED) is 0.0805. The molecule has 62 heavy (non-hydrogen) atoms. The van der Waals surface area contributed by atoms with Gasteiger partial charge in [0.25, 0.3) is 0 Å². The van der Waals surface area contributed by atoms with E-state index in [0.29, 0.717) is 0 Å². The summed E-state index contributed by atoms with van der Waals surface area (Å²) in [5, 5.41) is 4.74. The van der Waals surface area contributed by atoms with E-state index in [4.69, 9.17) is 61.6 Å². The van der Waals surface area contributed by atoms with Gasteiger partial charge in [0.05, 0.1) is 13.2 Å². The molecular formula is C37H52N2O23. The van der Waals surface area contributed by atoms with Crippen molar-refractivity contribution in [3.05, 3.63) is 12.7 Å². The molecule has 0 aliphatic carbocycles. The van der Waals surface area contributed by atoms with Crippen LogP contribution in [0.5, 0.6) is 0 Å². The minimum Gasteiger partial charge on any atom is -0.463 e. The smallest absolute Gasteiger partial charge is 0.406 e. The van der Waals surface area contributed by atoms with Crippen molar-refractivity contribution in [2.45, 2.75) is 122 Å². The van der Waals surface area contributed by atoms with Crippen LogP contribution >= 0.6 is 0 Å². The van der Waals surface area contributed by atoms with Gasteiger partial charge in [-0.2, -0.15) is 0 Å². The Kier molecular flexibility index (Phi) is 20.6. The summed E-state index contributed by atoms with van der Waals surface area (Å²) in [6.07, 6.45) is -16.8. The molecule has 0 bridgehead atoms. The topological polar surface area (TPSA) is 315 Å². The molecule has 0 radical (unpaired) electrons. The molecular weight excluding hydrogens is 840 g/mol. The second-order valence-corrected chi connectivity index (χ2v) is 13.6. The Labute approximate surface area is 354 Å². The third kappa shape index (κ3) is 16.9. The van der Waals surface area contributed by atoms with Gasteiger partial charge in [-0.1, -0.05) is 6.58 Å². The summed E-state index contributed by atoms with van der Waals surface area (Å²) < 4.78 is 72.3. The van der Waals surface area contributed by atoms with E-state index >= 15 is 0 Å². The maximum absolute atomic E-state index is 13.1. The molecule has 2 aliphatic rings. The number of hydrogen-bond donors (Lipinski definition) is 2. The van der Waals surface area contributed by atoms with E-state index in [1.807, 2.05) is 0 Å². The minimum atomic E-state index is -2.10. The maximum atomic E-state index is 13.1. The summed E-state index contributed by atoms with van der Waals surface area (Å²) in [5.74, 6) is -8.15. The molecule has 2 fully saturated rings. The van der Waals surface area contributed by atoms with Crippen molar-refractivity contribution in [1.82, 2.24) is 10.6 Å². The van der Waals surface area contributed by atoms with Crippen molar-refractivity contribution in [2.75, 3.05) is 40.1 Å². The first-order chi connectivity index (χ1) is 29.0. The van der Waals surface area contributed by atoms with Crippen LogP contribution in [0.3, 0.4) is 0 Å². The molecule has 2 heterocycles. The van der Waals surface area contributed by atoms with Gasteiger partial charge in [-0.15, -0.1) is 0 Å². The number of esters is 8. The number of amides is 2. The Balaban J connectivity index is 2.77. The third-order valence-electron chi connectivity index (χ3n) is 8.20. The summed E-state index contributed by atoms with van der Waals surface area (Å²) in [4.78, 5) is 123. The van der Waals surface area contributed by atoms with Gasteiger partial charge < -0.3 is 72.2 Å². The van der Waals surface area contributed by atoms with Crippen molar-refractivity contribution in [3.63, 3.8) is 0 Å². The van der Waals surface area contributed by atoms with Crippen molar-refractivity contribution in [3.8, 4) is 0 Å². The Hall–Kier alpha value is -5.92. The number of carbonyl (C=O) groups excluding carboxylic acids is 10. The van der Waals surface area contributed by atoms with E-state index in [0.717, 1.165) is 61.5 Å². The maximum Gasteiger partial charge on any atom is 0.406 e. The number of carbonyl (C=O) groups is 10. The number of hydrogen-bond acceptors (Lipinski definition) is 23. The molecule has 2 saturated heterocycles. The lowest BCUT2D eigenvalue weighted by Gasteiger charge is -2.46. The second kappa shape index (κ2) is 24.5. The predicted octanol–water partition coefficient (Wildman–Crippen LogP) is -1.42. The average Bonchev–Trinajstić information content (AvgIpc) is 3.16. The van der Waals surface area contributed by atoms with Gasteiger partial charge in [-0.3, -0.25) is 43.2 Å². The highest BCUT2D eigenvalue weighted by molar-refractivity contribution is 5.87. The predicted molar refractivity (Wildman–Crippen MR) is 197 cm³/mol. The minimum absolute atomic E-state index is 0.623.